The van der Waals surface area contributed by atoms with Crippen LogP contribution in [0.4, 0.5) is 5.69 Å². The fraction of sp³-hybridized carbons (Fsp3) is 0.263. The number of aromatic nitrogens is 3. The second-order valence-electron chi connectivity index (χ2n) is 6.07. The second kappa shape index (κ2) is 9.07. The lowest BCUT2D eigenvalue weighted by Gasteiger charge is -2.12. The van der Waals surface area contributed by atoms with Crippen molar-refractivity contribution in [3.05, 3.63) is 70.5 Å². The maximum atomic E-state index is 10.7. The number of para-hydroxylation sites is 1. The van der Waals surface area contributed by atoms with Gasteiger partial charge in [0.1, 0.15) is 12.1 Å². The maximum absolute atomic E-state index is 10.7. The van der Waals surface area contributed by atoms with E-state index < -0.39 is 11.0 Å². The minimum absolute atomic E-state index is 0.00537. The molecular formula is C19H20N4O5. The van der Waals surface area contributed by atoms with Crippen LogP contribution < -0.4 is 4.74 Å². The molecule has 0 aliphatic heterocycles. The fourth-order valence-corrected chi connectivity index (χ4v) is 2.64. The molecular weight excluding hydrogens is 364 g/mol. The van der Waals surface area contributed by atoms with Gasteiger partial charge >= 0.3 is 0 Å². The molecule has 9 heteroatoms. The fourth-order valence-electron chi connectivity index (χ4n) is 2.64. The SMILES string of the molecule is COc1ccccc1COCC(O)Cn1cnc(-c2ccc([N+](=O)[O-])cc2)n1. The first-order valence-electron chi connectivity index (χ1n) is 8.59. The summed E-state index contributed by atoms with van der Waals surface area (Å²) in [6, 6.07) is 13.5. The molecule has 9 nitrogen and oxygen atoms in total. The Morgan fingerprint density at radius 2 is 1.96 bits per heavy atom. The van der Waals surface area contributed by atoms with Crippen molar-refractivity contribution in [2.75, 3.05) is 13.7 Å². The van der Waals surface area contributed by atoms with E-state index in [1.54, 1.807) is 19.2 Å². The van der Waals surface area contributed by atoms with E-state index in [0.717, 1.165) is 11.3 Å². The van der Waals surface area contributed by atoms with Crippen molar-refractivity contribution in [1.82, 2.24) is 14.8 Å². The molecule has 28 heavy (non-hydrogen) atoms. The van der Waals surface area contributed by atoms with Gasteiger partial charge in [-0.25, -0.2) is 9.67 Å². The third-order valence-electron chi connectivity index (χ3n) is 4.03. The molecule has 0 bridgehead atoms. The van der Waals surface area contributed by atoms with E-state index in [9.17, 15) is 15.2 Å². The highest BCUT2D eigenvalue weighted by atomic mass is 16.6. The highest BCUT2D eigenvalue weighted by Gasteiger charge is 2.11. The van der Waals surface area contributed by atoms with Gasteiger partial charge in [0.2, 0.25) is 0 Å². The van der Waals surface area contributed by atoms with Gasteiger partial charge in [-0.1, -0.05) is 18.2 Å². The van der Waals surface area contributed by atoms with E-state index in [-0.39, 0.29) is 18.8 Å². The van der Waals surface area contributed by atoms with Crippen LogP contribution in [0.2, 0.25) is 0 Å². The summed E-state index contributed by atoms with van der Waals surface area (Å²) < 4.78 is 12.3. The van der Waals surface area contributed by atoms with Crippen molar-refractivity contribution in [2.45, 2.75) is 19.3 Å². The first-order valence-corrected chi connectivity index (χ1v) is 8.59. The van der Waals surface area contributed by atoms with Gasteiger partial charge in [0.05, 0.1) is 37.9 Å². The lowest BCUT2D eigenvalue weighted by molar-refractivity contribution is -0.384. The molecule has 1 aromatic heterocycles. The van der Waals surface area contributed by atoms with Crippen LogP contribution in [0.25, 0.3) is 11.4 Å². The lowest BCUT2D eigenvalue weighted by atomic mass is 10.2. The molecule has 3 rings (SSSR count). The van der Waals surface area contributed by atoms with Gasteiger partial charge in [-0.2, -0.15) is 5.10 Å². The Balaban J connectivity index is 1.52. The number of hydrogen-bond donors (Lipinski definition) is 1. The van der Waals surface area contributed by atoms with Gasteiger partial charge in [0, 0.05) is 23.3 Å². The van der Waals surface area contributed by atoms with E-state index in [2.05, 4.69) is 10.1 Å². The Bertz CT molecular complexity index is 926. The van der Waals surface area contributed by atoms with E-state index in [1.807, 2.05) is 24.3 Å². The van der Waals surface area contributed by atoms with Gasteiger partial charge < -0.3 is 14.6 Å². The Labute approximate surface area is 161 Å². The average molecular weight is 384 g/mol. The molecule has 0 saturated carbocycles. The Kier molecular flexibility index (Phi) is 6.30. The molecule has 1 heterocycles. The summed E-state index contributed by atoms with van der Waals surface area (Å²) in [5.74, 6) is 1.16. The number of benzene rings is 2. The van der Waals surface area contributed by atoms with Crippen LogP contribution in [0, 0.1) is 10.1 Å². The first kappa shape index (κ1) is 19.5. The second-order valence-corrected chi connectivity index (χ2v) is 6.07. The number of nitro benzene ring substituents is 1. The Morgan fingerprint density at radius 3 is 2.68 bits per heavy atom. The largest absolute Gasteiger partial charge is 0.496 e. The van der Waals surface area contributed by atoms with E-state index in [0.29, 0.717) is 18.0 Å². The van der Waals surface area contributed by atoms with Crippen LogP contribution in [0.1, 0.15) is 5.56 Å². The maximum Gasteiger partial charge on any atom is 0.269 e. The van der Waals surface area contributed by atoms with Crippen molar-refractivity contribution in [3.63, 3.8) is 0 Å². The number of rotatable bonds is 9. The summed E-state index contributed by atoms with van der Waals surface area (Å²) in [6.45, 7) is 0.670. The van der Waals surface area contributed by atoms with Crippen LogP contribution in [0.5, 0.6) is 5.75 Å². The molecule has 1 N–H and O–H groups in total. The minimum atomic E-state index is -0.763. The minimum Gasteiger partial charge on any atom is -0.496 e. The number of methoxy groups -OCH3 is 1. The van der Waals surface area contributed by atoms with Crippen molar-refractivity contribution < 1.29 is 19.5 Å². The monoisotopic (exact) mass is 384 g/mol. The van der Waals surface area contributed by atoms with Gasteiger partial charge in [-0.15, -0.1) is 0 Å². The van der Waals surface area contributed by atoms with Gasteiger partial charge in [0.25, 0.3) is 5.69 Å². The summed E-state index contributed by atoms with van der Waals surface area (Å²) in [5.41, 5.74) is 1.57. The number of aliphatic hydroxyl groups excluding tert-OH is 1. The third kappa shape index (κ3) is 4.90. The molecule has 0 saturated heterocycles. The van der Waals surface area contributed by atoms with Crippen molar-refractivity contribution >= 4 is 5.69 Å². The molecule has 0 fully saturated rings. The molecule has 1 atom stereocenters. The van der Waals surface area contributed by atoms with E-state index in [4.69, 9.17) is 9.47 Å². The molecule has 0 radical (unpaired) electrons. The summed E-state index contributed by atoms with van der Waals surface area (Å²) in [4.78, 5) is 14.4. The highest BCUT2D eigenvalue weighted by molar-refractivity contribution is 5.56. The lowest BCUT2D eigenvalue weighted by Crippen LogP contribution is -2.22. The predicted octanol–water partition coefficient (Wildman–Crippen LogP) is 2.44. The quantitative estimate of drug-likeness (QED) is 0.445. The predicted molar refractivity (Wildman–Crippen MR) is 101 cm³/mol. The van der Waals surface area contributed by atoms with Crippen LogP contribution in [-0.2, 0) is 17.9 Å². The topological polar surface area (TPSA) is 113 Å². The summed E-state index contributed by atoms with van der Waals surface area (Å²) in [7, 11) is 1.60. The van der Waals surface area contributed by atoms with Gasteiger partial charge in [-0.3, -0.25) is 10.1 Å². The molecule has 3 aromatic rings. The molecule has 0 aliphatic rings. The number of nitro groups is 1. The van der Waals surface area contributed by atoms with Crippen LogP contribution in [-0.4, -0.2) is 44.6 Å². The third-order valence-corrected chi connectivity index (χ3v) is 4.03. The first-order chi connectivity index (χ1) is 13.6. The number of hydrogen-bond acceptors (Lipinski definition) is 7. The smallest absolute Gasteiger partial charge is 0.269 e. The molecule has 146 valence electrons. The van der Waals surface area contributed by atoms with E-state index in [1.165, 1.54) is 23.1 Å². The van der Waals surface area contributed by atoms with E-state index >= 15 is 0 Å². The molecule has 0 aliphatic carbocycles. The zero-order chi connectivity index (χ0) is 19.9. The van der Waals surface area contributed by atoms with Crippen LogP contribution in [0.15, 0.2) is 54.9 Å². The Morgan fingerprint density at radius 1 is 1.21 bits per heavy atom. The average Bonchev–Trinajstić information content (AvgIpc) is 3.16. The molecule has 1 unspecified atom stereocenters. The van der Waals surface area contributed by atoms with Crippen LogP contribution in [0.3, 0.4) is 0 Å². The van der Waals surface area contributed by atoms with Crippen molar-refractivity contribution in [1.29, 1.82) is 0 Å². The summed E-state index contributed by atoms with van der Waals surface area (Å²) in [6.07, 6.45) is 0.737. The highest BCUT2D eigenvalue weighted by Crippen LogP contribution is 2.19. The molecule has 0 amide bonds. The Hall–Kier alpha value is -3.30. The zero-order valence-corrected chi connectivity index (χ0v) is 15.3. The summed E-state index contributed by atoms with van der Waals surface area (Å²) in [5, 5.41) is 25.2. The molecule has 0 spiro atoms. The number of aliphatic hydroxyl groups is 1. The zero-order valence-electron chi connectivity index (χ0n) is 15.3. The molecule has 2 aromatic carbocycles. The van der Waals surface area contributed by atoms with Crippen molar-refractivity contribution in [2.24, 2.45) is 0 Å². The number of nitrogens with zero attached hydrogens (tertiary/aromatic N) is 4. The van der Waals surface area contributed by atoms with Crippen LogP contribution >= 0.6 is 0 Å². The summed E-state index contributed by atoms with van der Waals surface area (Å²) >= 11 is 0. The number of non-ortho nitro benzene ring substituents is 1. The number of ether oxygens (including phenoxy) is 2. The van der Waals surface area contributed by atoms with Gasteiger partial charge in [-0.05, 0) is 18.2 Å². The normalized spacial score (nSPS) is 11.9. The standard InChI is InChI=1S/C19H20N4O5/c1-27-18-5-3-2-4-15(18)11-28-12-17(24)10-22-13-20-19(21-22)14-6-8-16(9-7-14)23(25)26/h2-9,13,17,24H,10-12H2,1H3. The van der Waals surface area contributed by atoms with Crippen molar-refractivity contribution in [3.8, 4) is 17.1 Å². The van der Waals surface area contributed by atoms with Gasteiger partial charge in [0.15, 0.2) is 5.82 Å².